The Bertz CT molecular complexity index is 540. The molecule has 0 aliphatic heterocycles. The van der Waals surface area contributed by atoms with E-state index in [1.807, 2.05) is 31.7 Å². The van der Waals surface area contributed by atoms with Gasteiger partial charge in [0.1, 0.15) is 0 Å². The summed E-state index contributed by atoms with van der Waals surface area (Å²) in [6.07, 6.45) is 4.99. The van der Waals surface area contributed by atoms with Crippen molar-refractivity contribution in [1.82, 2.24) is 0 Å². The van der Waals surface area contributed by atoms with Crippen LogP contribution >= 0.6 is 23.4 Å². The van der Waals surface area contributed by atoms with E-state index in [0.29, 0.717) is 5.56 Å². The van der Waals surface area contributed by atoms with Crippen molar-refractivity contribution in [2.45, 2.75) is 58.3 Å². The number of hydrogen-bond acceptors (Lipinski definition) is 3. The van der Waals surface area contributed by atoms with Crippen LogP contribution < -0.4 is 0 Å². The minimum atomic E-state index is -0.923. The molecule has 0 saturated heterocycles. The molecule has 0 spiro atoms. The van der Waals surface area contributed by atoms with Crippen LogP contribution in [0, 0.1) is 19.8 Å². The Morgan fingerprint density at radius 1 is 1.18 bits per heavy atom. The lowest BCUT2D eigenvalue weighted by Gasteiger charge is -2.16. The zero-order valence-electron chi connectivity index (χ0n) is 13.9. The van der Waals surface area contributed by atoms with Crippen molar-refractivity contribution >= 4 is 34.4 Å². The highest BCUT2D eigenvalue weighted by atomic mass is 35.5. The highest BCUT2D eigenvalue weighted by Crippen LogP contribution is 2.30. The van der Waals surface area contributed by atoms with Crippen LogP contribution in [0.3, 0.4) is 0 Å². The molecule has 1 aromatic rings. The maximum absolute atomic E-state index is 11.8. The van der Waals surface area contributed by atoms with Crippen molar-refractivity contribution in [1.29, 1.82) is 0 Å². The molecule has 0 amide bonds. The zero-order chi connectivity index (χ0) is 16.7. The van der Waals surface area contributed by atoms with Gasteiger partial charge >= 0.3 is 0 Å². The molecule has 0 saturated carbocycles. The molecular formula is C18H25ClO2S. The van der Waals surface area contributed by atoms with Gasteiger partial charge in [-0.2, -0.15) is 0 Å². The molecule has 4 heteroatoms. The summed E-state index contributed by atoms with van der Waals surface area (Å²) in [4.78, 5) is 24.0. The Hall–Kier alpha value is -0.800. The van der Waals surface area contributed by atoms with Gasteiger partial charge in [0.05, 0.1) is 0 Å². The number of carbonyl (C=O) groups is 2. The van der Waals surface area contributed by atoms with E-state index in [2.05, 4.69) is 13.8 Å². The topological polar surface area (TPSA) is 34.1 Å². The van der Waals surface area contributed by atoms with Crippen LogP contribution in [0.2, 0.25) is 0 Å². The summed E-state index contributed by atoms with van der Waals surface area (Å²) in [6, 6.07) is 3.78. The predicted molar refractivity (Wildman–Crippen MR) is 95.1 cm³/mol. The van der Waals surface area contributed by atoms with Gasteiger partial charge < -0.3 is 0 Å². The van der Waals surface area contributed by atoms with Crippen LogP contribution in [-0.4, -0.2) is 16.8 Å². The van der Waals surface area contributed by atoms with Gasteiger partial charge in [-0.25, -0.2) is 0 Å². The van der Waals surface area contributed by atoms with Gasteiger partial charge in [-0.15, -0.1) is 11.8 Å². The molecule has 122 valence electrons. The van der Waals surface area contributed by atoms with E-state index in [-0.39, 0.29) is 0 Å². The van der Waals surface area contributed by atoms with Gasteiger partial charge in [-0.3, -0.25) is 9.59 Å². The van der Waals surface area contributed by atoms with Crippen molar-refractivity contribution in [3.63, 3.8) is 0 Å². The van der Waals surface area contributed by atoms with Crippen molar-refractivity contribution in [3.05, 3.63) is 28.8 Å². The molecule has 0 aliphatic carbocycles. The molecule has 0 heterocycles. The van der Waals surface area contributed by atoms with Crippen molar-refractivity contribution in [2.24, 2.45) is 5.92 Å². The van der Waals surface area contributed by atoms with E-state index < -0.39 is 11.0 Å². The van der Waals surface area contributed by atoms with E-state index in [1.54, 1.807) is 6.07 Å². The van der Waals surface area contributed by atoms with Crippen LogP contribution in [0.25, 0.3) is 0 Å². The molecule has 1 unspecified atom stereocenters. The largest absolute Gasteiger partial charge is 0.293 e. The monoisotopic (exact) mass is 340 g/mol. The second-order valence-corrected chi connectivity index (χ2v) is 7.17. The molecule has 0 aromatic heterocycles. The number of hydrogen-bond donors (Lipinski definition) is 0. The summed E-state index contributed by atoms with van der Waals surface area (Å²) in [5.41, 5.74) is 2.26. The van der Waals surface area contributed by atoms with Gasteiger partial charge in [0.15, 0.2) is 0 Å². The van der Waals surface area contributed by atoms with E-state index >= 15 is 0 Å². The minimum absolute atomic E-state index is 0.417. The molecule has 22 heavy (non-hydrogen) atoms. The highest BCUT2D eigenvalue weighted by Gasteiger charge is 2.18. The van der Waals surface area contributed by atoms with E-state index in [4.69, 9.17) is 11.6 Å². The molecule has 1 rings (SSSR count). The predicted octanol–water partition coefficient (Wildman–Crippen LogP) is 5.56. The molecule has 0 radical (unpaired) electrons. The van der Waals surface area contributed by atoms with Crippen molar-refractivity contribution in [2.75, 3.05) is 5.75 Å². The zero-order valence-corrected chi connectivity index (χ0v) is 15.4. The number of carbonyl (C=O) groups excluding carboxylic acids is 2. The molecule has 2 nitrogen and oxygen atoms in total. The molecule has 1 atom stereocenters. The van der Waals surface area contributed by atoms with Gasteiger partial charge in [0.2, 0.25) is 5.78 Å². The van der Waals surface area contributed by atoms with Gasteiger partial charge in [-0.05, 0) is 61.0 Å². The number of ketones is 1. The first-order valence-electron chi connectivity index (χ1n) is 7.88. The summed E-state index contributed by atoms with van der Waals surface area (Å²) in [6.45, 7) is 8.29. The van der Waals surface area contributed by atoms with Crippen LogP contribution in [-0.2, 0) is 4.79 Å². The smallest absolute Gasteiger partial charge is 0.284 e. The quantitative estimate of drug-likeness (QED) is 0.255. The second kappa shape index (κ2) is 9.36. The first kappa shape index (κ1) is 19.2. The van der Waals surface area contributed by atoms with Crippen LogP contribution in [0.15, 0.2) is 17.0 Å². The number of thioether (sulfide) groups is 1. The molecule has 0 fully saturated rings. The van der Waals surface area contributed by atoms with Crippen LogP contribution in [0.4, 0.5) is 0 Å². The summed E-state index contributed by atoms with van der Waals surface area (Å²) in [7, 11) is 0. The average Bonchev–Trinajstić information content (AvgIpc) is 2.49. The summed E-state index contributed by atoms with van der Waals surface area (Å²) in [5, 5.41) is -0.923. The lowest BCUT2D eigenvalue weighted by Crippen LogP contribution is -2.10. The third-order valence-electron chi connectivity index (χ3n) is 3.96. The van der Waals surface area contributed by atoms with E-state index in [9.17, 15) is 9.59 Å². The highest BCUT2D eigenvalue weighted by molar-refractivity contribution is 7.99. The van der Waals surface area contributed by atoms with E-state index in [0.717, 1.165) is 22.8 Å². The molecule has 0 aliphatic rings. The first-order chi connectivity index (χ1) is 10.4. The lowest BCUT2D eigenvalue weighted by molar-refractivity contribution is -0.108. The number of halogens is 1. The van der Waals surface area contributed by atoms with Crippen LogP contribution in [0.5, 0.6) is 0 Å². The minimum Gasteiger partial charge on any atom is -0.284 e. The van der Waals surface area contributed by atoms with Gasteiger partial charge in [-0.1, -0.05) is 33.1 Å². The number of rotatable bonds is 9. The van der Waals surface area contributed by atoms with E-state index in [1.165, 1.54) is 30.6 Å². The maximum atomic E-state index is 11.8. The number of benzene rings is 1. The fourth-order valence-electron chi connectivity index (χ4n) is 2.40. The summed E-state index contributed by atoms with van der Waals surface area (Å²) < 4.78 is 0. The Labute approximate surface area is 143 Å². The maximum Gasteiger partial charge on any atom is 0.293 e. The lowest BCUT2D eigenvalue weighted by atomic mass is 10.0. The molecule has 0 N–H and O–H groups in total. The fourth-order valence-corrected chi connectivity index (χ4v) is 3.87. The molecular weight excluding hydrogens is 316 g/mol. The Morgan fingerprint density at radius 2 is 1.86 bits per heavy atom. The average molecular weight is 341 g/mol. The third-order valence-corrected chi connectivity index (χ3v) is 5.52. The summed E-state index contributed by atoms with van der Waals surface area (Å²) in [5.74, 6) is 1.21. The molecule has 0 bridgehead atoms. The standard InChI is InChI=1S/C18H25ClO2S/c1-5-7-8-14(6-2)11-22-16-10-12(3)15(9-13(16)4)17(20)18(19)21/h9-10,14H,5-8,11H2,1-4H3. The number of aryl methyl sites for hydroxylation is 2. The number of unbranched alkanes of at least 4 members (excludes halogenated alkanes) is 1. The van der Waals surface area contributed by atoms with Crippen molar-refractivity contribution < 1.29 is 9.59 Å². The third kappa shape index (κ3) is 5.44. The normalized spacial score (nSPS) is 12.2. The van der Waals surface area contributed by atoms with Gasteiger partial charge in [0, 0.05) is 16.2 Å². The SMILES string of the molecule is CCCCC(CC)CSc1cc(C)c(C(=O)C(=O)Cl)cc1C. The fraction of sp³-hybridized carbons (Fsp3) is 0.556. The second-order valence-electron chi connectivity index (χ2n) is 5.76. The van der Waals surface area contributed by atoms with Crippen LogP contribution in [0.1, 0.15) is 61.0 Å². The van der Waals surface area contributed by atoms with Gasteiger partial charge in [0.25, 0.3) is 5.24 Å². The Balaban J connectivity index is 2.82. The Kier molecular flexibility index (Phi) is 8.19. The first-order valence-corrected chi connectivity index (χ1v) is 9.25. The summed E-state index contributed by atoms with van der Waals surface area (Å²) >= 11 is 7.15. The molecule has 1 aromatic carbocycles. The number of Topliss-reactive ketones (excluding diaryl/α,β-unsaturated/α-hetero) is 1. The van der Waals surface area contributed by atoms with Crippen molar-refractivity contribution in [3.8, 4) is 0 Å². The Morgan fingerprint density at radius 3 is 2.41 bits per heavy atom.